The highest BCUT2D eigenvalue weighted by atomic mass is 35.5. The Bertz CT molecular complexity index is 798. The van der Waals surface area contributed by atoms with Gasteiger partial charge in [0.05, 0.1) is 16.3 Å². The summed E-state index contributed by atoms with van der Waals surface area (Å²) in [5, 5.41) is 18.5. The number of nitrogens with one attached hydrogen (secondary N) is 1. The fourth-order valence-electron chi connectivity index (χ4n) is 1.56. The highest BCUT2D eigenvalue weighted by Crippen LogP contribution is 2.26. The topological polar surface area (TPSA) is 90.2 Å². The van der Waals surface area contributed by atoms with Gasteiger partial charge < -0.3 is 5.11 Å². The molecule has 2 N–H and O–H groups in total. The van der Waals surface area contributed by atoms with Crippen LogP contribution in [-0.4, -0.2) is 13.5 Å². The Morgan fingerprint density at radius 2 is 1.90 bits per heavy atom. The molecule has 0 fully saturated rings. The van der Waals surface area contributed by atoms with E-state index in [0.29, 0.717) is 0 Å². The third-order valence-corrected chi connectivity index (χ3v) is 4.24. The molecule has 0 unspecified atom stereocenters. The van der Waals surface area contributed by atoms with Crippen molar-refractivity contribution < 1.29 is 13.5 Å². The third kappa shape index (κ3) is 2.85. The summed E-state index contributed by atoms with van der Waals surface area (Å²) in [7, 11) is -3.92. The summed E-state index contributed by atoms with van der Waals surface area (Å²) in [5.74, 6) is -0.347. The van der Waals surface area contributed by atoms with Gasteiger partial charge in [-0.25, -0.2) is 8.42 Å². The summed E-state index contributed by atoms with van der Waals surface area (Å²) in [6.07, 6.45) is 0. The molecule has 20 heavy (non-hydrogen) atoms. The van der Waals surface area contributed by atoms with Crippen LogP contribution < -0.4 is 4.72 Å². The van der Waals surface area contributed by atoms with E-state index in [1.54, 1.807) is 0 Å². The molecule has 0 aromatic heterocycles. The highest BCUT2D eigenvalue weighted by molar-refractivity contribution is 7.92. The van der Waals surface area contributed by atoms with Crippen molar-refractivity contribution in [2.75, 3.05) is 4.72 Å². The molecule has 0 saturated heterocycles. The maximum absolute atomic E-state index is 12.1. The van der Waals surface area contributed by atoms with Gasteiger partial charge in [-0.05, 0) is 30.3 Å². The molecule has 0 aliphatic carbocycles. The summed E-state index contributed by atoms with van der Waals surface area (Å²) >= 11 is 5.83. The van der Waals surface area contributed by atoms with Gasteiger partial charge in [-0.1, -0.05) is 23.7 Å². The molecular formula is C13H9ClN2O3S. The Morgan fingerprint density at radius 3 is 2.50 bits per heavy atom. The van der Waals surface area contributed by atoms with Crippen molar-refractivity contribution in [2.45, 2.75) is 4.90 Å². The Kier molecular flexibility index (Phi) is 3.84. The molecule has 0 amide bonds. The molecule has 0 atom stereocenters. The maximum atomic E-state index is 12.1. The average Bonchev–Trinajstić information content (AvgIpc) is 2.38. The van der Waals surface area contributed by atoms with E-state index in [-0.39, 0.29) is 26.9 Å². The number of anilines is 1. The second-order valence-electron chi connectivity index (χ2n) is 3.88. The summed E-state index contributed by atoms with van der Waals surface area (Å²) in [5.41, 5.74) is 0.453. The van der Waals surface area contributed by atoms with Crippen LogP contribution in [0.4, 0.5) is 5.69 Å². The first-order valence-electron chi connectivity index (χ1n) is 5.44. The first-order chi connectivity index (χ1) is 9.44. The molecule has 0 saturated carbocycles. The first-order valence-corrected chi connectivity index (χ1v) is 7.30. The summed E-state index contributed by atoms with van der Waals surface area (Å²) in [4.78, 5) is -0.236. The fraction of sp³-hybridized carbons (Fsp3) is 0. The van der Waals surface area contributed by atoms with E-state index in [1.165, 1.54) is 42.5 Å². The molecule has 0 heterocycles. The minimum atomic E-state index is -3.92. The lowest BCUT2D eigenvalue weighted by atomic mass is 10.2. The number of phenolic OH excluding ortho intramolecular Hbond substituents is 1. The summed E-state index contributed by atoms with van der Waals surface area (Å²) in [6, 6.07) is 11.6. The number of hydrogen-bond donors (Lipinski definition) is 2. The molecule has 102 valence electrons. The van der Waals surface area contributed by atoms with Gasteiger partial charge in [0.15, 0.2) is 0 Å². The lowest BCUT2D eigenvalue weighted by Gasteiger charge is -2.09. The predicted octanol–water partition coefficient (Wildman–Crippen LogP) is 2.72. The van der Waals surface area contributed by atoms with Crippen LogP contribution >= 0.6 is 11.6 Å². The van der Waals surface area contributed by atoms with Crippen LogP contribution in [-0.2, 0) is 10.0 Å². The second kappa shape index (κ2) is 5.41. The molecule has 0 spiro atoms. The molecule has 0 radical (unpaired) electrons. The first kappa shape index (κ1) is 14.2. The minimum absolute atomic E-state index is 0.144. The van der Waals surface area contributed by atoms with Crippen molar-refractivity contribution in [1.29, 1.82) is 5.26 Å². The normalized spacial score (nSPS) is 10.8. The molecule has 0 aliphatic heterocycles. The quantitative estimate of drug-likeness (QED) is 0.912. The highest BCUT2D eigenvalue weighted by Gasteiger charge is 2.18. The smallest absolute Gasteiger partial charge is 0.265 e. The minimum Gasteiger partial charge on any atom is -0.507 e. The number of benzene rings is 2. The number of aromatic hydroxyl groups is 1. The van der Waals surface area contributed by atoms with Crippen LogP contribution in [0, 0.1) is 11.3 Å². The second-order valence-corrected chi connectivity index (χ2v) is 5.94. The van der Waals surface area contributed by atoms with Crippen molar-refractivity contribution >= 4 is 27.3 Å². The number of nitrogens with zero attached hydrogens (tertiary/aromatic N) is 1. The number of phenols is 1. The maximum Gasteiger partial charge on any atom is 0.265 e. The molecule has 7 heteroatoms. The Morgan fingerprint density at radius 1 is 1.20 bits per heavy atom. The molecule has 0 aliphatic rings. The van der Waals surface area contributed by atoms with Crippen LogP contribution in [0.3, 0.4) is 0 Å². The van der Waals surface area contributed by atoms with Gasteiger partial charge >= 0.3 is 0 Å². The standard InChI is InChI=1S/C13H9ClN2O3S/c14-11-7-10(6-5-9(11)8-15)16-20(18,19)13-4-2-1-3-12(13)17/h1-7,16-17H. The third-order valence-electron chi connectivity index (χ3n) is 2.50. The summed E-state index contributed by atoms with van der Waals surface area (Å²) in [6.45, 7) is 0. The largest absolute Gasteiger partial charge is 0.507 e. The molecule has 0 bridgehead atoms. The average molecular weight is 309 g/mol. The Balaban J connectivity index is 2.37. The zero-order chi connectivity index (χ0) is 14.8. The van der Waals surface area contributed by atoms with Crippen molar-refractivity contribution in [3.05, 3.63) is 53.1 Å². The van der Waals surface area contributed by atoms with E-state index >= 15 is 0 Å². The number of nitriles is 1. The number of hydrogen-bond acceptors (Lipinski definition) is 4. The van der Waals surface area contributed by atoms with E-state index in [4.69, 9.17) is 16.9 Å². The van der Waals surface area contributed by atoms with E-state index in [9.17, 15) is 13.5 Å². The molecule has 2 aromatic rings. The molecule has 2 aromatic carbocycles. The predicted molar refractivity (Wildman–Crippen MR) is 75.1 cm³/mol. The van der Waals surface area contributed by atoms with Gasteiger partial charge in [-0.2, -0.15) is 5.26 Å². The van der Waals surface area contributed by atoms with E-state index in [2.05, 4.69) is 4.72 Å². The van der Waals surface area contributed by atoms with E-state index in [0.717, 1.165) is 0 Å². The SMILES string of the molecule is N#Cc1ccc(NS(=O)(=O)c2ccccc2O)cc1Cl. The van der Waals surface area contributed by atoms with Gasteiger partial charge in [0.25, 0.3) is 10.0 Å². The zero-order valence-corrected chi connectivity index (χ0v) is 11.6. The van der Waals surface area contributed by atoms with Crippen LogP contribution in [0.5, 0.6) is 5.75 Å². The van der Waals surface area contributed by atoms with Crippen molar-refractivity contribution in [2.24, 2.45) is 0 Å². The van der Waals surface area contributed by atoms with Gasteiger partial charge in [-0.15, -0.1) is 0 Å². The number of halogens is 1. The van der Waals surface area contributed by atoms with Crippen LogP contribution in [0.1, 0.15) is 5.56 Å². The van der Waals surface area contributed by atoms with Crippen LogP contribution in [0.25, 0.3) is 0 Å². The van der Waals surface area contributed by atoms with Crippen molar-refractivity contribution in [3.8, 4) is 11.8 Å². The van der Waals surface area contributed by atoms with Gasteiger partial charge in [0.1, 0.15) is 16.7 Å². The Hall–Kier alpha value is -2.23. The zero-order valence-electron chi connectivity index (χ0n) is 10.0. The van der Waals surface area contributed by atoms with E-state index in [1.807, 2.05) is 6.07 Å². The van der Waals surface area contributed by atoms with Crippen LogP contribution in [0.2, 0.25) is 5.02 Å². The van der Waals surface area contributed by atoms with Gasteiger partial charge in [-0.3, -0.25) is 4.72 Å². The number of para-hydroxylation sites is 1. The lowest BCUT2D eigenvalue weighted by molar-refractivity contribution is 0.459. The fourth-order valence-corrected chi connectivity index (χ4v) is 2.93. The molecule has 2 rings (SSSR count). The van der Waals surface area contributed by atoms with E-state index < -0.39 is 10.0 Å². The van der Waals surface area contributed by atoms with Crippen molar-refractivity contribution in [3.63, 3.8) is 0 Å². The van der Waals surface area contributed by atoms with Crippen LogP contribution in [0.15, 0.2) is 47.4 Å². The van der Waals surface area contributed by atoms with Crippen molar-refractivity contribution in [1.82, 2.24) is 0 Å². The Labute approximate surface area is 121 Å². The van der Waals surface area contributed by atoms with Gasteiger partial charge in [0.2, 0.25) is 0 Å². The number of sulfonamides is 1. The lowest BCUT2D eigenvalue weighted by Crippen LogP contribution is -2.13. The monoisotopic (exact) mass is 308 g/mol. The molecule has 5 nitrogen and oxygen atoms in total. The number of rotatable bonds is 3. The van der Waals surface area contributed by atoms with Gasteiger partial charge in [0, 0.05) is 0 Å². The summed E-state index contributed by atoms with van der Waals surface area (Å²) < 4.78 is 26.5. The molecular weight excluding hydrogens is 300 g/mol.